The first-order valence-electron chi connectivity index (χ1n) is 6.55. The standard InChI is InChI=1S/C15H17N3O2S2/c1-18(2)22(19,20)14-10-8-13(9-11-14)17-15(21)16-12-6-4-3-5-7-12/h3-11H,1-2H3,(H2,16,17,21). The normalized spacial score (nSPS) is 11.2. The van der Waals surface area contributed by atoms with Crippen LogP contribution in [-0.4, -0.2) is 31.9 Å². The van der Waals surface area contributed by atoms with Crippen molar-refractivity contribution >= 4 is 38.7 Å². The van der Waals surface area contributed by atoms with E-state index in [0.717, 1.165) is 5.69 Å². The summed E-state index contributed by atoms with van der Waals surface area (Å²) >= 11 is 5.22. The molecular formula is C15H17N3O2S2. The number of para-hydroxylation sites is 1. The van der Waals surface area contributed by atoms with E-state index >= 15 is 0 Å². The lowest BCUT2D eigenvalue weighted by atomic mass is 10.3. The second-order valence-corrected chi connectivity index (χ2v) is 7.32. The molecule has 0 heterocycles. The van der Waals surface area contributed by atoms with Crippen molar-refractivity contribution in [3.8, 4) is 0 Å². The number of hydrogen-bond donors (Lipinski definition) is 2. The van der Waals surface area contributed by atoms with Gasteiger partial charge in [-0.2, -0.15) is 0 Å². The van der Waals surface area contributed by atoms with Crippen LogP contribution in [0.25, 0.3) is 0 Å². The SMILES string of the molecule is CN(C)S(=O)(=O)c1ccc(NC(=S)Nc2ccccc2)cc1. The molecule has 0 aliphatic heterocycles. The van der Waals surface area contributed by atoms with Crippen LogP contribution in [0, 0.1) is 0 Å². The molecule has 2 aromatic carbocycles. The third-order valence-electron chi connectivity index (χ3n) is 2.92. The summed E-state index contributed by atoms with van der Waals surface area (Å²) < 4.78 is 25.1. The molecule has 0 saturated carbocycles. The Hall–Kier alpha value is -1.96. The van der Waals surface area contributed by atoms with E-state index in [1.807, 2.05) is 30.3 Å². The molecule has 22 heavy (non-hydrogen) atoms. The van der Waals surface area contributed by atoms with Gasteiger partial charge in [-0.25, -0.2) is 12.7 Å². The molecular weight excluding hydrogens is 318 g/mol. The smallest absolute Gasteiger partial charge is 0.242 e. The Balaban J connectivity index is 2.04. The highest BCUT2D eigenvalue weighted by atomic mass is 32.2. The number of sulfonamides is 1. The average molecular weight is 335 g/mol. The molecule has 0 fully saturated rings. The fraction of sp³-hybridized carbons (Fsp3) is 0.133. The van der Waals surface area contributed by atoms with E-state index in [4.69, 9.17) is 12.2 Å². The molecule has 0 aliphatic rings. The van der Waals surface area contributed by atoms with Crippen LogP contribution in [0.5, 0.6) is 0 Å². The zero-order valence-electron chi connectivity index (χ0n) is 12.3. The number of nitrogens with zero attached hydrogens (tertiary/aromatic N) is 1. The zero-order chi connectivity index (χ0) is 16.2. The Morgan fingerprint density at radius 1 is 0.909 bits per heavy atom. The van der Waals surface area contributed by atoms with Gasteiger partial charge in [0, 0.05) is 25.5 Å². The highest BCUT2D eigenvalue weighted by Gasteiger charge is 2.16. The lowest BCUT2D eigenvalue weighted by Crippen LogP contribution is -2.22. The van der Waals surface area contributed by atoms with Crippen molar-refractivity contribution in [2.45, 2.75) is 4.90 Å². The topological polar surface area (TPSA) is 61.4 Å². The molecule has 0 atom stereocenters. The minimum atomic E-state index is -3.41. The van der Waals surface area contributed by atoms with Crippen molar-refractivity contribution in [2.75, 3.05) is 24.7 Å². The first-order valence-corrected chi connectivity index (χ1v) is 8.40. The lowest BCUT2D eigenvalue weighted by Gasteiger charge is -2.13. The molecule has 2 N–H and O–H groups in total. The molecule has 0 amide bonds. The van der Waals surface area contributed by atoms with E-state index in [2.05, 4.69) is 10.6 Å². The minimum Gasteiger partial charge on any atom is -0.332 e. The molecule has 0 saturated heterocycles. The summed E-state index contributed by atoms with van der Waals surface area (Å²) in [5, 5.41) is 6.50. The Labute approximate surface area is 136 Å². The highest BCUT2D eigenvalue weighted by Crippen LogP contribution is 2.17. The quantitative estimate of drug-likeness (QED) is 0.841. The van der Waals surface area contributed by atoms with Gasteiger partial charge >= 0.3 is 0 Å². The molecule has 0 spiro atoms. The monoisotopic (exact) mass is 335 g/mol. The lowest BCUT2D eigenvalue weighted by molar-refractivity contribution is 0.521. The summed E-state index contributed by atoms with van der Waals surface area (Å²) in [7, 11) is -0.413. The Bertz CT molecular complexity index is 742. The Morgan fingerprint density at radius 3 is 1.91 bits per heavy atom. The Kier molecular flexibility index (Phi) is 5.12. The van der Waals surface area contributed by atoms with Gasteiger partial charge in [0.15, 0.2) is 5.11 Å². The van der Waals surface area contributed by atoms with Crippen molar-refractivity contribution in [3.05, 3.63) is 54.6 Å². The van der Waals surface area contributed by atoms with Gasteiger partial charge < -0.3 is 10.6 Å². The molecule has 2 aromatic rings. The molecule has 5 nitrogen and oxygen atoms in total. The van der Waals surface area contributed by atoms with Gasteiger partial charge in [-0.1, -0.05) is 18.2 Å². The molecule has 0 bridgehead atoms. The van der Waals surface area contributed by atoms with E-state index < -0.39 is 10.0 Å². The maximum Gasteiger partial charge on any atom is 0.242 e. The molecule has 2 rings (SSSR count). The van der Waals surface area contributed by atoms with Gasteiger partial charge in [0.05, 0.1) is 4.90 Å². The molecule has 0 aromatic heterocycles. The molecule has 116 valence electrons. The van der Waals surface area contributed by atoms with E-state index in [1.54, 1.807) is 24.3 Å². The second kappa shape index (κ2) is 6.87. The van der Waals surface area contributed by atoms with Crippen LogP contribution in [0.2, 0.25) is 0 Å². The van der Waals surface area contributed by atoms with E-state index in [9.17, 15) is 8.42 Å². The van der Waals surface area contributed by atoms with Crippen molar-refractivity contribution in [2.24, 2.45) is 0 Å². The fourth-order valence-electron chi connectivity index (χ4n) is 1.74. The number of anilines is 2. The second-order valence-electron chi connectivity index (χ2n) is 4.76. The van der Waals surface area contributed by atoms with Crippen LogP contribution in [0.4, 0.5) is 11.4 Å². The number of nitrogens with one attached hydrogen (secondary N) is 2. The van der Waals surface area contributed by atoms with Gasteiger partial charge in [-0.05, 0) is 48.6 Å². The first-order chi connectivity index (χ1) is 10.4. The van der Waals surface area contributed by atoms with E-state index in [-0.39, 0.29) is 4.90 Å². The number of rotatable bonds is 4. The predicted molar refractivity (Wildman–Crippen MR) is 93.6 cm³/mol. The molecule has 7 heteroatoms. The van der Waals surface area contributed by atoms with Crippen molar-refractivity contribution in [1.82, 2.24) is 4.31 Å². The van der Waals surface area contributed by atoms with Crippen molar-refractivity contribution in [3.63, 3.8) is 0 Å². The highest BCUT2D eigenvalue weighted by molar-refractivity contribution is 7.89. The maximum atomic E-state index is 12.0. The third kappa shape index (κ3) is 4.03. The van der Waals surface area contributed by atoms with Crippen molar-refractivity contribution in [1.29, 1.82) is 0 Å². The summed E-state index contributed by atoms with van der Waals surface area (Å²) in [6.45, 7) is 0. The summed E-state index contributed by atoms with van der Waals surface area (Å²) in [5.41, 5.74) is 1.60. The van der Waals surface area contributed by atoms with Crippen LogP contribution < -0.4 is 10.6 Å². The minimum absolute atomic E-state index is 0.241. The summed E-state index contributed by atoms with van der Waals surface area (Å²) in [6.07, 6.45) is 0. The number of hydrogen-bond acceptors (Lipinski definition) is 3. The maximum absolute atomic E-state index is 12.0. The van der Waals surface area contributed by atoms with Gasteiger partial charge in [-0.3, -0.25) is 0 Å². The van der Waals surface area contributed by atoms with Crippen LogP contribution in [0.3, 0.4) is 0 Å². The predicted octanol–water partition coefficient (Wildman–Crippen LogP) is 2.75. The summed E-state index contributed by atoms with van der Waals surface area (Å²) in [5.74, 6) is 0. The summed E-state index contributed by atoms with van der Waals surface area (Å²) in [4.78, 5) is 0.241. The van der Waals surface area contributed by atoms with Crippen LogP contribution in [0.1, 0.15) is 0 Å². The van der Waals surface area contributed by atoms with Gasteiger partial charge in [0.25, 0.3) is 0 Å². The van der Waals surface area contributed by atoms with E-state index in [0.29, 0.717) is 10.8 Å². The molecule has 0 aliphatic carbocycles. The van der Waals surface area contributed by atoms with Gasteiger partial charge in [0.1, 0.15) is 0 Å². The van der Waals surface area contributed by atoms with Crippen LogP contribution in [-0.2, 0) is 10.0 Å². The van der Waals surface area contributed by atoms with Gasteiger partial charge in [-0.15, -0.1) is 0 Å². The number of benzene rings is 2. The zero-order valence-corrected chi connectivity index (χ0v) is 13.9. The van der Waals surface area contributed by atoms with Gasteiger partial charge in [0.2, 0.25) is 10.0 Å². The Morgan fingerprint density at radius 2 is 1.41 bits per heavy atom. The van der Waals surface area contributed by atoms with Crippen LogP contribution >= 0.6 is 12.2 Å². The van der Waals surface area contributed by atoms with Crippen molar-refractivity contribution < 1.29 is 8.42 Å². The van der Waals surface area contributed by atoms with E-state index in [1.165, 1.54) is 18.4 Å². The first kappa shape index (κ1) is 16.4. The average Bonchev–Trinajstić information content (AvgIpc) is 2.48. The fourth-order valence-corrected chi connectivity index (χ4v) is 2.87. The largest absolute Gasteiger partial charge is 0.332 e. The third-order valence-corrected chi connectivity index (χ3v) is 4.96. The van der Waals surface area contributed by atoms with Crippen LogP contribution in [0.15, 0.2) is 59.5 Å². The summed E-state index contributed by atoms with van der Waals surface area (Å²) in [6, 6.07) is 16.0. The molecule has 0 unspecified atom stereocenters. The number of thiocarbonyl (C=S) groups is 1. The molecule has 0 radical (unpaired) electrons.